The number of anilines is 1. The minimum Gasteiger partial charge on any atom is -0.369 e. The van der Waals surface area contributed by atoms with Gasteiger partial charge >= 0.3 is 5.69 Å². The first-order valence-electron chi connectivity index (χ1n) is 10.9. The number of aromatic nitrogens is 5. The van der Waals surface area contributed by atoms with Crippen LogP contribution in [-0.2, 0) is 6.54 Å². The van der Waals surface area contributed by atoms with Crippen molar-refractivity contribution >= 4 is 11.6 Å². The van der Waals surface area contributed by atoms with Gasteiger partial charge in [-0.25, -0.2) is 23.3 Å². The lowest BCUT2D eigenvalue weighted by atomic mass is 9.99. The average molecular weight is 455 g/mol. The molecule has 0 fully saturated rings. The zero-order chi connectivity index (χ0) is 24.0. The zero-order valence-electron chi connectivity index (χ0n) is 19.1. The molecule has 0 saturated carbocycles. The summed E-state index contributed by atoms with van der Waals surface area (Å²) in [6, 6.07) is 18.0. The molecule has 5 rings (SSSR count). The monoisotopic (exact) mass is 454 g/mol. The highest BCUT2D eigenvalue weighted by molar-refractivity contribution is 5.90. The molecular weight excluding hydrogens is 431 g/mol. The number of benzene rings is 2. The summed E-state index contributed by atoms with van der Waals surface area (Å²) in [5.74, 6) is -0.276. The molecule has 0 bridgehead atoms. The molecule has 0 amide bonds. The molecule has 5 aromatic rings. The second-order valence-electron chi connectivity index (χ2n) is 8.37. The van der Waals surface area contributed by atoms with E-state index in [2.05, 4.69) is 15.1 Å². The molecule has 2 N–H and O–H groups in total. The number of hydrogen-bond acceptors (Lipinski definition) is 5. The molecule has 3 heterocycles. The van der Waals surface area contributed by atoms with Crippen LogP contribution in [0.1, 0.15) is 22.5 Å². The molecule has 0 spiro atoms. The largest absolute Gasteiger partial charge is 0.369 e. The Kier molecular flexibility index (Phi) is 5.20. The van der Waals surface area contributed by atoms with Crippen LogP contribution in [0.3, 0.4) is 0 Å². The van der Waals surface area contributed by atoms with E-state index in [4.69, 9.17) is 5.73 Å². The lowest BCUT2D eigenvalue weighted by molar-refractivity contribution is 0.620. The molecule has 0 unspecified atom stereocenters. The van der Waals surface area contributed by atoms with Gasteiger partial charge < -0.3 is 5.73 Å². The van der Waals surface area contributed by atoms with Gasteiger partial charge in [-0.05, 0) is 61.7 Å². The molecule has 0 saturated heterocycles. The molecule has 0 aliphatic heterocycles. The molecule has 8 heteroatoms. The molecule has 0 atom stereocenters. The van der Waals surface area contributed by atoms with Crippen molar-refractivity contribution in [3.05, 3.63) is 99.5 Å². The third kappa shape index (κ3) is 3.73. The van der Waals surface area contributed by atoms with Crippen LogP contribution in [0.4, 0.5) is 10.3 Å². The Morgan fingerprint density at radius 3 is 2.29 bits per heavy atom. The van der Waals surface area contributed by atoms with E-state index >= 15 is 0 Å². The SMILES string of the molecule is Cc1cc(-c2c(-c3ccccc3)nc(N)n3c(=O)n(Cc4ccc(F)cc4C)nc23)cc(C)n1. The fourth-order valence-electron chi connectivity index (χ4n) is 4.25. The maximum absolute atomic E-state index is 13.6. The van der Waals surface area contributed by atoms with E-state index in [0.29, 0.717) is 16.9 Å². The Hall–Kier alpha value is -4.33. The number of pyridine rings is 1. The number of hydrogen-bond donors (Lipinski definition) is 1. The predicted octanol–water partition coefficient (Wildman–Crippen LogP) is 4.31. The molecule has 0 radical (unpaired) electrons. The third-order valence-electron chi connectivity index (χ3n) is 5.80. The minimum atomic E-state index is -0.410. The highest BCUT2D eigenvalue weighted by atomic mass is 19.1. The zero-order valence-corrected chi connectivity index (χ0v) is 19.1. The summed E-state index contributed by atoms with van der Waals surface area (Å²) in [6.45, 7) is 5.82. The Balaban J connectivity index is 1.81. The lowest BCUT2D eigenvalue weighted by Crippen LogP contribution is -2.24. The van der Waals surface area contributed by atoms with Crippen molar-refractivity contribution in [3.8, 4) is 22.4 Å². The maximum Gasteiger partial charge on any atom is 0.353 e. The van der Waals surface area contributed by atoms with Gasteiger partial charge in [-0.2, -0.15) is 0 Å². The number of nitrogens with zero attached hydrogens (tertiary/aromatic N) is 5. The Labute approximate surface area is 195 Å². The maximum atomic E-state index is 13.6. The number of nitrogen functional groups attached to an aromatic ring is 1. The van der Waals surface area contributed by atoms with Gasteiger partial charge in [-0.1, -0.05) is 36.4 Å². The molecule has 7 nitrogen and oxygen atoms in total. The van der Waals surface area contributed by atoms with Gasteiger partial charge in [0, 0.05) is 17.0 Å². The van der Waals surface area contributed by atoms with Gasteiger partial charge in [0.05, 0.1) is 17.8 Å². The van der Waals surface area contributed by atoms with E-state index in [1.54, 1.807) is 13.0 Å². The normalized spacial score (nSPS) is 11.3. The van der Waals surface area contributed by atoms with Crippen LogP contribution in [0.5, 0.6) is 0 Å². The van der Waals surface area contributed by atoms with Crippen molar-refractivity contribution in [3.63, 3.8) is 0 Å². The predicted molar refractivity (Wildman–Crippen MR) is 130 cm³/mol. The second kappa shape index (κ2) is 8.22. The first kappa shape index (κ1) is 21.5. The summed E-state index contributed by atoms with van der Waals surface area (Å²) in [7, 11) is 0. The molecular formula is C26H23FN6O. The van der Waals surface area contributed by atoms with Crippen LogP contribution in [0.15, 0.2) is 65.5 Å². The summed E-state index contributed by atoms with van der Waals surface area (Å²) in [5.41, 5.74) is 12.5. The number of rotatable bonds is 4. The van der Waals surface area contributed by atoms with Gasteiger partial charge in [0.1, 0.15) is 5.82 Å². The average Bonchev–Trinajstić information content (AvgIpc) is 3.11. The fraction of sp³-hybridized carbons (Fsp3) is 0.154. The van der Waals surface area contributed by atoms with Gasteiger partial charge in [0.2, 0.25) is 5.95 Å². The van der Waals surface area contributed by atoms with Gasteiger partial charge in [-0.3, -0.25) is 4.98 Å². The van der Waals surface area contributed by atoms with Crippen molar-refractivity contribution < 1.29 is 4.39 Å². The van der Waals surface area contributed by atoms with Crippen molar-refractivity contribution in [1.82, 2.24) is 24.1 Å². The highest BCUT2D eigenvalue weighted by Gasteiger charge is 2.22. The molecule has 170 valence electrons. The second-order valence-corrected chi connectivity index (χ2v) is 8.37. The fourth-order valence-corrected chi connectivity index (χ4v) is 4.25. The molecule has 0 aliphatic carbocycles. The number of aryl methyl sites for hydroxylation is 3. The van der Waals surface area contributed by atoms with E-state index in [1.165, 1.54) is 21.2 Å². The minimum absolute atomic E-state index is 0.0483. The summed E-state index contributed by atoms with van der Waals surface area (Å²) >= 11 is 0. The smallest absolute Gasteiger partial charge is 0.353 e. The first-order valence-corrected chi connectivity index (χ1v) is 10.9. The van der Waals surface area contributed by atoms with Crippen LogP contribution >= 0.6 is 0 Å². The van der Waals surface area contributed by atoms with Crippen LogP contribution in [-0.4, -0.2) is 24.1 Å². The van der Waals surface area contributed by atoms with Crippen molar-refractivity contribution in [2.45, 2.75) is 27.3 Å². The van der Waals surface area contributed by atoms with Crippen LogP contribution in [0.25, 0.3) is 28.0 Å². The third-order valence-corrected chi connectivity index (χ3v) is 5.80. The summed E-state index contributed by atoms with van der Waals surface area (Å²) in [4.78, 5) is 22.5. The topological polar surface area (TPSA) is 91.1 Å². The van der Waals surface area contributed by atoms with Crippen LogP contribution in [0.2, 0.25) is 0 Å². The van der Waals surface area contributed by atoms with Gasteiger partial charge in [-0.15, -0.1) is 5.10 Å². The van der Waals surface area contributed by atoms with Crippen LogP contribution < -0.4 is 11.4 Å². The van der Waals surface area contributed by atoms with Crippen molar-refractivity contribution in [2.24, 2.45) is 0 Å². The summed E-state index contributed by atoms with van der Waals surface area (Å²) in [6.07, 6.45) is 0. The number of halogens is 1. The number of nitrogens with two attached hydrogens (primary N) is 1. The van der Waals surface area contributed by atoms with E-state index in [-0.39, 0.29) is 18.3 Å². The van der Waals surface area contributed by atoms with Crippen molar-refractivity contribution in [2.75, 3.05) is 5.73 Å². The number of fused-ring (bicyclic) bond motifs is 1. The molecule has 34 heavy (non-hydrogen) atoms. The summed E-state index contributed by atoms with van der Waals surface area (Å²) in [5, 5.41) is 4.69. The van der Waals surface area contributed by atoms with E-state index in [0.717, 1.165) is 33.6 Å². The van der Waals surface area contributed by atoms with E-state index in [1.807, 2.05) is 56.3 Å². The Morgan fingerprint density at radius 1 is 0.912 bits per heavy atom. The standard InChI is InChI=1S/C26H23FN6O/c1-15-11-21(27)10-9-19(15)14-32-26(34)33-24(31-32)22(20-12-16(2)29-17(3)13-20)23(30-25(33)28)18-7-5-4-6-8-18/h4-13H,14H2,1-3H3,(H2,28,30). The van der Waals surface area contributed by atoms with Gasteiger partial charge in [0.15, 0.2) is 5.65 Å². The van der Waals surface area contributed by atoms with E-state index < -0.39 is 5.69 Å². The van der Waals surface area contributed by atoms with Crippen LogP contribution in [0, 0.1) is 26.6 Å². The first-order chi connectivity index (χ1) is 16.3. The molecule has 3 aromatic heterocycles. The molecule has 0 aliphatic rings. The quantitative estimate of drug-likeness (QED) is 0.437. The highest BCUT2D eigenvalue weighted by Crippen LogP contribution is 2.34. The lowest BCUT2D eigenvalue weighted by Gasteiger charge is -2.13. The van der Waals surface area contributed by atoms with Crippen molar-refractivity contribution in [1.29, 1.82) is 0 Å². The van der Waals surface area contributed by atoms with E-state index in [9.17, 15) is 9.18 Å². The Bertz CT molecular complexity index is 1580. The summed E-state index contributed by atoms with van der Waals surface area (Å²) < 4.78 is 16.2. The Morgan fingerprint density at radius 2 is 1.62 bits per heavy atom. The molecule has 2 aromatic carbocycles. The van der Waals surface area contributed by atoms with Gasteiger partial charge in [0.25, 0.3) is 0 Å².